The highest BCUT2D eigenvalue weighted by molar-refractivity contribution is 6.06. The van der Waals surface area contributed by atoms with E-state index in [1.807, 2.05) is 12.4 Å². The smallest absolute Gasteiger partial charge is 0.0726 e. The zero-order valence-corrected chi connectivity index (χ0v) is 25.7. The van der Waals surface area contributed by atoms with Crippen molar-refractivity contribution in [3.05, 3.63) is 198 Å². The average Bonchev–Trinajstić information content (AvgIpc) is 3.41. The molecule has 47 heavy (non-hydrogen) atoms. The van der Waals surface area contributed by atoms with E-state index in [-0.39, 0.29) is 0 Å². The lowest BCUT2D eigenvalue weighted by molar-refractivity contribution is 0.776. The summed E-state index contributed by atoms with van der Waals surface area (Å²) in [4.78, 5) is 4.33. The highest BCUT2D eigenvalue weighted by atomic mass is 14.6. The Kier molecular flexibility index (Phi) is 5.56. The number of fused-ring (bicyclic) bond motifs is 14. The third-order valence-electron chi connectivity index (χ3n) is 10.4. The second-order valence-corrected chi connectivity index (χ2v) is 12.7. The van der Waals surface area contributed by atoms with Gasteiger partial charge in [0.05, 0.1) is 5.41 Å². The second kappa shape index (κ2) is 9.97. The molecule has 0 amide bonds. The first-order valence-electron chi connectivity index (χ1n) is 16.3. The Morgan fingerprint density at radius 1 is 0.340 bits per heavy atom. The van der Waals surface area contributed by atoms with Crippen LogP contribution in [0.4, 0.5) is 0 Å². The SMILES string of the molecule is c1ccc(-c2ccc3c(c2)C2(c4cc(-c5ccncc5)ccc4-c4ccccc4-3)c3ccccc3-c3c2ccc2ccccc32)cc1. The summed E-state index contributed by atoms with van der Waals surface area (Å²) >= 11 is 0. The molecule has 218 valence electrons. The van der Waals surface area contributed by atoms with Crippen molar-refractivity contribution in [2.24, 2.45) is 0 Å². The monoisotopic (exact) mass is 595 g/mol. The van der Waals surface area contributed by atoms with E-state index in [1.54, 1.807) is 0 Å². The molecule has 0 fully saturated rings. The molecular formula is C46H29N. The predicted molar refractivity (Wildman–Crippen MR) is 194 cm³/mol. The predicted octanol–water partition coefficient (Wildman–Crippen LogP) is 11.6. The Morgan fingerprint density at radius 3 is 1.62 bits per heavy atom. The Balaban J connectivity index is 1.44. The summed E-state index contributed by atoms with van der Waals surface area (Å²) in [5, 5.41) is 2.56. The molecule has 10 rings (SSSR count). The lowest BCUT2D eigenvalue weighted by Gasteiger charge is -2.36. The number of hydrogen-bond acceptors (Lipinski definition) is 1. The molecule has 2 aliphatic rings. The summed E-state index contributed by atoms with van der Waals surface area (Å²) in [6.07, 6.45) is 3.78. The molecule has 1 aromatic heterocycles. The summed E-state index contributed by atoms with van der Waals surface area (Å²) in [5.41, 5.74) is 17.3. The molecule has 1 atom stereocenters. The molecule has 1 spiro atoms. The average molecular weight is 596 g/mol. The van der Waals surface area contributed by atoms with Crippen LogP contribution in [-0.2, 0) is 5.41 Å². The second-order valence-electron chi connectivity index (χ2n) is 12.7. The van der Waals surface area contributed by atoms with Crippen molar-refractivity contribution in [2.45, 2.75) is 5.41 Å². The van der Waals surface area contributed by atoms with Crippen molar-refractivity contribution in [3.8, 4) is 55.6 Å². The maximum absolute atomic E-state index is 4.33. The Hall–Kier alpha value is -6.05. The molecule has 0 N–H and O–H groups in total. The molecule has 1 unspecified atom stereocenters. The topological polar surface area (TPSA) is 12.9 Å². The fourth-order valence-electron chi connectivity index (χ4n) is 8.44. The third-order valence-corrected chi connectivity index (χ3v) is 10.4. The fraction of sp³-hybridized carbons (Fsp3) is 0.0217. The quantitative estimate of drug-likeness (QED) is 0.194. The van der Waals surface area contributed by atoms with E-state index in [2.05, 4.69) is 169 Å². The van der Waals surface area contributed by atoms with Crippen LogP contribution in [0.3, 0.4) is 0 Å². The standard InChI is InChI=1S/C46H29N/c1-2-10-30(11-3-1)33-18-21-38-36-14-6-7-15-37(36)39-22-19-34(31-24-26-47-27-25-31)29-44(39)46(43(38)28-33)41-17-9-8-16-40(41)45-35-13-5-4-12-32(35)20-23-42(45)46/h1-29H. The molecule has 1 nitrogen and oxygen atoms in total. The lowest BCUT2D eigenvalue weighted by Crippen LogP contribution is -2.29. The minimum atomic E-state index is -0.562. The molecule has 0 radical (unpaired) electrons. The molecule has 0 bridgehead atoms. The zero-order valence-electron chi connectivity index (χ0n) is 25.7. The van der Waals surface area contributed by atoms with Gasteiger partial charge in [-0.2, -0.15) is 0 Å². The Bertz CT molecular complexity index is 2400. The Morgan fingerprint density at radius 2 is 0.915 bits per heavy atom. The number of rotatable bonds is 2. The van der Waals surface area contributed by atoms with E-state index in [4.69, 9.17) is 0 Å². The first-order chi connectivity index (χ1) is 23.3. The van der Waals surface area contributed by atoms with Crippen LogP contribution in [-0.4, -0.2) is 4.98 Å². The third kappa shape index (κ3) is 3.63. The molecule has 0 saturated carbocycles. The maximum Gasteiger partial charge on any atom is 0.0726 e. The van der Waals surface area contributed by atoms with Gasteiger partial charge in [0.25, 0.3) is 0 Å². The van der Waals surface area contributed by atoms with E-state index < -0.39 is 5.41 Å². The van der Waals surface area contributed by atoms with Crippen LogP contribution in [0.5, 0.6) is 0 Å². The molecule has 7 aromatic carbocycles. The number of pyridine rings is 1. The summed E-state index contributed by atoms with van der Waals surface area (Å²) in [7, 11) is 0. The van der Waals surface area contributed by atoms with Gasteiger partial charge in [-0.1, -0.05) is 140 Å². The van der Waals surface area contributed by atoms with Crippen molar-refractivity contribution in [2.75, 3.05) is 0 Å². The minimum absolute atomic E-state index is 0.562. The van der Waals surface area contributed by atoms with Crippen molar-refractivity contribution in [1.29, 1.82) is 0 Å². The van der Waals surface area contributed by atoms with Crippen LogP contribution in [0.15, 0.2) is 176 Å². The van der Waals surface area contributed by atoms with E-state index >= 15 is 0 Å². The van der Waals surface area contributed by atoms with Crippen LogP contribution in [0.25, 0.3) is 66.4 Å². The molecular weight excluding hydrogens is 567 g/mol. The number of nitrogens with zero attached hydrogens (tertiary/aromatic N) is 1. The van der Waals surface area contributed by atoms with Gasteiger partial charge in [-0.25, -0.2) is 0 Å². The Labute approximate surface area is 274 Å². The van der Waals surface area contributed by atoms with Crippen molar-refractivity contribution >= 4 is 10.8 Å². The van der Waals surface area contributed by atoms with Crippen LogP contribution in [0.2, 0.25) is 0 Å². The maximum atomic E-state index is 4.33. The van der Waals surface area contributed by atoms with Crippen LogP contribution >= 0.6 is 0 Å². The summed E-state index contributed by atoms with van der Waals surface area (Å²) in [5.74, 6) is 0. The lowest BCUT2D eigenvalue weighted by atomic mass is 9.65. The van der Waals surface area contributed by atoms with Gasteiger partial charge in [-0.05, 0) is 113 Å². The van der Waals surface area contributed by atoms with E-state index in [0.29, 0.717) is 0 Å². The van der Waals surface area contributed by atoms with Crippen LogP contribution in [0, 0.1) is 0 Å². The van der Waals surface area contributed by atoms with E-state index in [9.17, 15) is 0 Å². The van der Waals surface area contributed by atoms with Crippen LogP contribution < -0.4 is 0 Å². The van der Waals surface area contributed by atoms with Gasteiger partial charge < -0.3 is 0 Å². The largest absolute Gasteiger partial charge is 0.265 e. The molecule has 1 heteroatoms. The fourth-order valence-corrected chi connectivity index (χ4v) is 8.44. The van der Waals surface area contributed by atoms with E-state index in [0.717, 1.165) is 0 Å². The van der Waals surface area contributed by atoms with Gasteiger partial charge in [0, 0.05) is 12.4 Å². The molecule has 2 aliphatic carbocycles. The summed E-state index contributed by atoms with van der Waals surface area (Å²) < 4.78 is 0. The number of hydrogen-bond donors (Lipinski definition) is 0. The van der Waals surface area contributed by atoms with Crippen LogP contribution in [0.1, 0.15) is 22.3 Å². The summed E-state index contributed by atoms with van der Waals surface area (Å²) in [6, 6.07) is 61.0. The van der Waals surface area contributed by atoms with E-state index in [1.165, 1.54) is 88.7 Å². The highest BCUT2D eigenvalue weighted by Crippen LogP contribution is 2.63. The number of benzene rings is 7. The van der Waals surface area contributed by atoms with Gasteiger partial charge in [0.1, 0.15) is 0 Å². The first kappa shape index (κ1) is 26.2. The summed E-state index contributed by atoms with van der Waals surface area (Å²) in [6.45, 7) is 0. The van der Waals surface area contributed by atoms with Gasteiger partial charge in [0.15, 0.2) is 0 Å². The van der Waals surface area contributed by atoms with Crippen molar-refractivity contribution in [3.63, 3.8) is 0 Å². The van der Waals surface area contributed by atoms with Gasteiger partial charge in [-0.15, -0.1) is 0 Å². The molecule has 8 aromatic rings. The minimum Gasteiger partial charge on any atom is -0.265 e. The highest BCUT2D eigenvalue weighted by Gasteiger charge is 2.50. The normalized spacial score (nSPS) is 15.3. The zero-order chi connectivity index (χ0) is 31.0. The number of aromatic nitrogens is 1. The van der Waals surface area contributed by atoms with Gasteiger partial charge in [-0.3, -0.25) is 4.98 Å². The molecule has 0 saturated heterocycles. The van der Waals surface area contributed by atoms with Gasteiger partial charge in [0.2, 0.25) is 0 Å². The van der Waals surface area contributed by atoms with Gasteiger partial charge >= 0.3 is 0 Å². The first-order valence-corrected chi connectivity index (χ1v) is 16.3. The molecule has 1 heterocycles. The van der Waals surface area contributed by atoms with Crippen molar-refractivity contribution in [1.82, 2.24) is 4.98 Å². The molecule has 0 aliphatic heterocycles. The van der Waals surface area contributed by atoms with Crippen molar-refractivity contribution < 1.29 is 0 Å².